The Morgan fingerprint density at radius 2 is 1.85 bits per heavy atom. The average Bonchev–Trinajstić information content (AvgIpc) is 2.46. The fraction of sp³-hybridized carbons (Fsp3) is 0.412. The minimum Gasteiger partial charge on any atom is -1.00 e. The van der Waals surface area contributed by atoms with Gasteiger partial charge in [0.25, 0.3) is 0 Å². The minimum atomic E-state index is 0. The van der Waals surface area contributed by atoms with Gasteiger partial charge >= 0.3 is 0 Å². The summed E-state index contributed by atoms with van der Waals surface area (Å²) in [5.41, 5.74) is 2.94. The molecule has 0 heterocycles. The van der Waals surface area contributed by atoms with E-state index in [1.165, 1.54) is 10.5 Å². The van der Waals surface area contributed by atoms with Crippen molar-refractivity contribution in [3.05, 3.63) is 53.6 Å². The normalized spacial score (nSPS) is 15.5. The van der Waals surface area contributed by atoms with E-state index >= 15 is 0 Å². The summed E-state index contributed by atoms with van der Waals surface area (Å²) in [6, 6.07) is 8.52. The van der Waals surface area contributed by atoms with Crippen LogP contribution in [0.25, 0.3) is 0 Å². The monoisotopic (exact) mass is 293 g/mol. The minimum absolute atomic E-state index is 0. The maximum Gasteiger partial charge on any atom is 0.118 e. The highest BCUT2D eigenvalue weighted by Gasteiger charge is 2.19. The second kappa shape index (κ2) is 8.13. The molecule has 1 aromatic carbocycles. The fourth-order valence-corrected chi connectivity index (χ4v) is 2.61. The molecular formula is C17H24ClNO. The molecular weight excluding hydrogens is 270 g/mol. The van der Waals surface area contributed by atoms with E-state index in [-0.39, 0.29) is 12.4 Å². The Bertz CT molecular complexity index is 462. The van der Waals surface area contributed by atoms with Crippen molar-refractivity contribution >= 4 is 0 Å². The first-order valence-corrected chi connectivity index (χ1v) is 6.97. The van der Waals surface area contributed by atoms with Gasteiger partial charge in [0.05, 0.1) is 33.7 Å². The van der Waals surface area contributed by atoms with E-state index in [1.54, 1.807) is 12.7 Å². The van der Waals surface area contributed by atoms with E-state index in [0.717, 1.165) is 25.1 Å². The predicted molar refractivity (Wildman–Crippen MR) is 79.9 cm³/mol. The highest BCUT2D eigenvalue weighted by atomic mass is 35.5. The van der Waals surface area contributed by atoms with Crippen LogP contribution in [0.1, 0.15) is 24.3 Å². The molecule has 0 amide bonds. The Morgan fingerprint density at radius 3 is 2.35 bits per heavy atom. The molecule has 0 spiro atoms. The van der Waals surface area contributed by atoms with Gasteiger partial charge in [0.15, 0.2) is 0 Å². The van der Waals surface area contributed by atoms with Crippen molar-refractivity contribution in [3.63, 3.8) is 0 Å². The third kappa shape index (κ3) is 4.39. The van der Waals surface area contributed by atoms with Crippen LogP contribution < -0.4 is 22.0 Å². The van der Waals surface area contributed by atoms with E-state index in [2.05, 4.69) is 56.6 Å². The summed E-state index contributed by atoms with van der Waals surface area (Å²) in [5.74, 6) is 1.44. The molecule has 1 atom stereocenters. The van der Waals surface area contributed by atoms with Gasteiger partial charge in [-0.05, 0) is 30.5 Å². The summed E-state index contributed by atoms with van der Waals surface area (Å²) in [6.07, 6.45) is 9.08. The second-order valence-electron chi connectivity index (χ2n) is 5.43. The molecule has 20 heavy (non-hydrogen) atoms. The molecule has 1 aliphatic carbocycles. The molecule has 2 nitrogen and oxygen atoms in total. The van der Waals surface area contributed by atoms with E-state index in [9.17, 15) is 0 Å². The summed E-state index contributed by atoms with van der Waals surface area (Å²) in [7, 11) is 6.15. The van der Waals surface area contributed by atoms with Gasteiger partial charge < -0.3 is 22.0 Å². The van der Waals surface area contributed by atoms with Crippen molar-refractivity contribution in [2.75, 3.05) is 27.7 Å². The van der Waals surface area contributed by atoms with Gasteiger partial charge in [0, 0.05) is 0 Å². The number of allylic oxidation sites excluding steroid dienone is 3. The molecule has 3 heteroatoms. The molecule has 0 saturated heterocycles. The number of quaternary nitrogens is 1. The molecule has 0 aliphatic heterocycles. The topological polar surface area (TPSA) is 13.7 Å². The molecule has 0 unspecified atom stereocenters. The number of rotatable bonds is 5. The quantitative estimate of drug-likeness (QED) is 0.702. The maximum absolute atomic E-state index is 5.24. The van der Waals surface area contributed by atoms with Crippen molar-refractivity contribution in [1.82, 2.24) is 0 Å². The van der Waals surface area contributed by atoms with Crippen LogP contribution in [-0.2, 0) is 0 Å². The lowest BCUT2D eigenvalue weighted by atomic mass is 9.86. The Kier molecular flexibility index (Phi) is 6.83. The number of hydrogen-bond donors (Lipinski definition) is 1. The van der Waals surface area contributed by atoms with Crippen molar-refractivity contribution in [3.8, 4) is 5.75 Å². The summed E-state index contributed by atoms with van der Waals surface area (Å²) in [4.78, 5) is 1.48. The molecule has 0 aromatic heterocycles. The van der Waals surface area contributed by atoms with Gasteiger partial charge in [-0.3, -0.25) is 0 Å². The molecule has 1 aromatic rings. The number of methoxy groups -OCH3 is 1. The highest BCUT2D eigenvalue weighted by molar-refractivity contribution is 5.35. The lowest BCUT2D eigenvalue weighted by Gasteiger charge is -2.23. The van der Waals surface area contributed by atoms with Crippen LogP contribution in [0, 0.1) is 0 Å². The molecule has 1 aliphatic rings. The van der Waals surface area contributed by atoms with Crippen molar-refractivity contribution < 1.29 is 22.0 Å². The first kappa shape index (κ1) is 16.8. The molecule has 110 valence electrons. The lowest BCUT2D eigenvalue weighted by Crippen LogP contribution is -3.06. The summed E-state index contributed by atoms with van der Waals surface area (Å²) in [5, 5.41) is 0. The van der Waals surface area contributed by atoms with E-state index in [0.29, 0.717) is 5.92 Å². The zero-order valence-corrected chi connectivity index (χ0v) is 13.3. The molecule has 1 N–H and O–H groups in total. The van der Waals surface area contributed by atoms with Crippen LogP contribution >= 0.6 is 0 Å². The van der Waals surface area contributed by atoms with Crippen molar-refractivity contribution in [2.24, 2.45) is 0 Å². The molecule has 0 fully saturated rings. The summed E-state index contributed by atoms with van der Waals surface area (Å²) >= 11 is 0. The molecule has 0 radical (unpaired) electrons. The third-order valence-corrected chi connectivity index (χ3v) is 3.61. The maximum atomic E-state index is 5.24. The lowest BCUT2D eigenvalue weighted by molar-refractivity contribution is -0.859. The standard InChI is InChI=1S/C17H23NO.ClH/c1-18(2)13-17(14-7-5-4-6-8-14)15-9-11-16(19-3)12-10-15;/h4-5,8-12,17H,6-7,13H2,1-3H3;1H/t17-;/m1./s1. The Labute approximate surface area is 128 Å². The fourth-order valence-electron chi connectivity index (χ4n) is 2.61. The molecule has 0 bridgehead atoms. The van der Waals surface area contributed by atoms with Crippen LogP contribution in [0.5, 0.6) is 5.75 Å². The zero-order chi connectivity index (χ0) is 13.7. The summed E-state index contributed by atoms with van der Waals surface area (Å²) in [6.45, 7) is 1.13. The number of likely N-dealkylation sites (N-methyl/N-ethyl adjacent to an activating group) is 1. The first-order chi connectivity index (χ1) is 9.20. The number of hydrogen-bond acceptors (Lipinski definition) is 1. The zero-order valence-electron chi connectivity index (χ0n) is 12.5. The van der Waals surface area contributed by atoms with Gasteiger partial charge in [-0.2, -0.15) is 0 Å². The first-order valence-electron chi connectivity index (χ1n) is 6.97. The molecule has 2 rings (SSSR count). The number of halogens is 1. The van der Waals surface area contributed by atoms with E-state index < -0.39 is 0 Å². The molecule has 0 saturated carbocycles. The van der Waals surface area contributed by atoms with Crippen LogP contribution in [0.4, 0.5) is 0 Å². The van der Waals surface area contributed by atoms with Crippen molar-refractivity contribution in [1.29, 1.82) is 0 Å². The Morgan fingerprint density at radius 1 is 1.15 bits per heavy atom. The number of ether oxygens (including phenoxy) is 1. The number of nitrogens with one attached hydrogen (secondary N) is 1. The second-order valence-corrected chi connectivity index (χ2v) is 5.43. The van der Waals surface area contributed by atoms with Crippen LogP contribution in [-0.4, -0.2) is 27.7 Å². The highest BCUT2D eigenvalue weighted by Crippen LogP contribution is 2.29. The smallest absolute Gasteiger partial charge is 0.118 e. The third-order valence-electron chi connectivity index (χ3n) is 3.61. The van der Waals surface area contributed by atoms with Gasteiger partial charge in [-0.25, -0.2) is 0 Å². The van der Waals surface area contributed by atoms with E-state index in [1.807, 2.05) is 0 Å². The average molecular weight is 294 g/mol. The van der Waals surface area contributed by atoms with Crippen LogP contribution in [0.2, 0.25) is 0 Å². The largest absolute Gasteiger partial charge is 1.00 e. The Hall–Kier alpha value is -1.25. The van der Waals surface area contributed by atoms with Gasteiger partial charge in [-0.1, -0.05) is 35.9 Å². The van der Waals surface area contributed by atoms with Gasteiger partial charge in [0.2, 0.25) is 0 Å². The predicted octanol–water partition coefficient (Wildman–Crippen LogP) is -0.796. The Balaban J connectivity index is 0.00000200. The summed E-state index contributed by atoms with van der Waals surface area (Å²) < 4.78 is 5.24. The number of benzene rings is 1. The SMILES string of the molecule is COc1ccc([C@H](C[NH+](C)C)C2=CCC=CC2)cc1.[Cl-]. The van der Waals surface area contributed by atoms with Crippen LogP contribution in [0.3, 0.4) is 0 Å². The van der Waals surface area contributed by atoms with E-state index in [4.69, 9.17) is 4.74 Å². The van der Waals surface area contributed by atoms with Gasteiger partial charge in [-0.15, -0.1) is 0 Å². The van der Waals surface area contributed by atoms with Crippen LogP contribution in [0.15, 0.2) is 48.1 Å². The van der Waals surface area contributed by atoms with Crippen molar-refractivity contribution in [2.45, 2.75) is 18.8 Å². The van der Waals surface area contributed by atoms with Gasteiger partial charge in [0.1, 0.15) is 5.75 Å².